The van der Waals surface area contributed by atoms with Crippen LogP contribution < -0.4 is 5.73 Å². The van der Waals surface area contributed by atoms with E-state index in [0.29, 0.717) is 6.42 Å². The third-order valence-corrected chi connectivity index (χ3v) is 4.50. The summed E-state index contributed by atoms with van der Waals surface area (Å²) >= 11 is 0. The van der Waals surface area contributed by atoms with Gasteiger partial charge in [-0.05, 0) is 19.3 Å². The highest BCUT2D eigenvalue weighted by molar-refractivity contribution is 6.03. The van der Waals surface area contributed by atoms with E-state index in [1.54, 1.807) is 6.08 Å². The molecule has 0 amide bonds. The fourth-order valence-corrected chi connectivity index (χ4v) is 2.80. The Labute approximate surface area is 146 Å². The molecule has 140 valence electrons. The molecule has 24 heavy (non-hydrogen) atoms. The molecule has 0 radical (unpaired) electrons. The Kier molecular flexibility index (Phi) is 12.3. The molecule has 5 heteroatoms. The van der Waals surface area contributed by atoms with E-state index in [1.165, 1.54) is 19.3 Å². The Morgan fingerprint density at radius 3 is 1.92 bits per heavy atom. The summed E-state index contributed by atoms with van der Waals surface area (Å²) in [4.78, 5) is 22.9. The van der Waals surface area contributed by atoms with Gasteiger partial charge in [0.05, 0.1) is 0 Å². The van der Waals surface area contributed by atoms with Crippen molar-refractivity contribution in [3.05, 3.63) is 12.2 Å². The maximum atomic E-state index is 11.5. The lowest BCUT2D eigenvalue weighted by atomic mass is 9.80. The molecule has 1 atom stereocenters. The molecule has 0 fully saturated rings. The Balaban J connectivity index is 4.73. The maximum Gasteiger partial charge on any atom is 0.336 e. The van der Waals surface area contributed by atoms with E-state index in [2.05, 4.69) is 13.8 Å². The number of carbonyl (C=O) groups is 2. The summed E-state index contributed by atoms with van der Waals surface area (Å²) in [6, 6.07) is 0. The summed E-state index contributed by atoms with van der Waals surface area (Å²) in [6.07, 6.45) is 14.7. The molecular weight excluding hydrogens is 306 g/mol. The van der Waals surface area contributed by atoms with E-state index in [9.17, 15) is 19.8 Å². The van der Waals surface area contributed by atoms with Crippen LogP contribution in [-0.4, -0.2) is 27.7 Å². The number of rotatable bonds is 15. The van der Waals surface area contributed by atoms with Gasteiger partial charge in [0, 0.05) is 5.92 Å². The summed E-state index contributed by atoms with van der Waals surface area (Å²) in [5.41, 5.74) is 3.53. The van der Waals surface area contributed by atoms with E-state index in [4.69, 9.17) is 5.73 Å². The fourth-order valence-electron chi connectivity index (χ4n) is 2.80. The van der Waals surface area contributed by atoms with E-state index < -0.39 is 23.4 Å². The number of carboxylic acid groups (broad SMARTS) is 2. The number of hydrogen-bond donors (Lipinski definition) is 3. The first-order chi connectivity index (χ1) is 11.4. The summed E-state index contributed by atoms with van der Waals surface area (Å²) in [5, 5.41) is 18.7. The van der Waals surface area contributed by atoms with Gasteiger partial charge in [0.25, 0.3) is 0 Å². The smallest absolute Gasteiger partial charge is 0.336 e. The molecule has 5 nitrogen and oxygen atoms in total. The Morgan fingerprint density at radius 1 is 0.917 bits per heavy atom. The molecule has 0 aromatic carbocycles. The number of nitrogens with two attached hydrogens (primary N) is 1. The monoisotopic (exact) mass is 341 g/mol. The third kappa shape index (κ3) is 7.95. The summed E-state index contributed by atoms with van der Waals surface area (Å²) < 4.78 is 0. The molecule has 1 unspecified atom stereocenters. The second-order valence-electron chi connectivity index (χ2n) is 6.57. The minimum Gasteiger partial charge on any atom is -0.479 e. The molecule has 0 aromatic heterocycles. The summed E-state index contributed by atoms with van der Waals surface area (Å²) in [5.74, 6) is -3.62. The van der Waals surface area contributed by atoms with E-state index in [1.807, 2.05) is 6.08 Å². The second kappa shape index (κ2) is 13.0. The first-order valence-corrected chi connectivity index (χ1v) is 9.33. The van der Waals surface area contributed by atoms with Crippen LogP contribution in [0.1, 0.15) is 84.5 Å². The molecule has 0 aliphatic heterocycles. The molecule has 4 N–H and O–H groups in total. The van der Waals surface area contributed by atoms with Crippen molar-refractivity contribution in [1.82, 2.24) is 0 Å². The van der Waals surface area contributed by atoms with Gasteiger partial charge in [0.1, 0.15) is 0 Å². The lowest BCUT2D eigenvalue weighted by molar-refractivity contribution is -0.159. The Hall–Kier alpha value is -1.36. The van der Waals surface area contributed by atoms with Crippen LogP contribution in [-0.2, 0) is 9.59 Å². The van der Waals surface area contributed by atoms with Gasteiger partial charge in [-0.3, -0.25) is 0 Å². The van der Waals surface area contributed by atoms with Crippen LogP contribution in [0.15, 0.2) is 12.2 Å². The minimum atomic E-state index is -2.25. The first-order valence-electron chi connectivity index (χ1n) is 9.33. The standard InChI is InChI=1S/C19H35NO4/c1-3-5-7-9-10-11-13-15-16(14-12-8-6-4-2)19(20,17(21)22)18(23)24/h13,15-16H,3-12,14,20H2,1-2H3,(H,21,22)(H,23,24). The van der Waals surface area contributed by atoms with Crippen LogP contribution in [0.5, 0.6) is 0 Å². The van der Waals surface area contributed by atoms with Gasteiger partial charge in [-0.1, -0.05) is 77.4 Å². The molecule has 0 saturated heterocycles. The topological polar surface area (TPSA) is 101 Å². The zero-order chi connectivity index (χ0) is 18.4. The van der Waals surface area contributed by atoms with Crippen molar-refractivity contribution in [3.8, 4) is 0 Å². The number of aliphatic carboxylic acids is 2. The number of allylic oxidation sites excluding steroid dienone is 1. The Morgan fingerprint density at radius 2 is 1.42 bits per heavy atom. The highest BCUT2D eigenvalue weighted by atomic mass is 16.4. The quantitative estimate of drug-likeness (QED) is 0.233. The van der Waals surface area contributed by atoms with Crippen molar-refractivity contribution in [3.63, 3.8) is 0 Å². The van der Waals surface area contributed by atoms with Crippen molar-refractivity contribution in [2.75, 3.05) is 0 Å². The van der Waals surface area contributed by atoms with Crippen LogP contribution in [0.2, 0.25) is 0 Å². The van der Waals surface area contributed by atoms with Gasteiger partial charge in [-0.25, -0.2) is 9.59 Å². The lowest BCUT2D eigenvalue weighted by Gasteiger charge is -2.27. The van der Waals surface area contributed by atoms with Crippen LogP contribution in [0.4, 0.5) is 0 Å². The number of unbranched alkanes of at least 4 members (excludes halogenated alkanes) is 8. The predicted molar refractivity (Wildman–Crippen MR) is 97.0 cm³/mol. The number of carboxylic acids is 2. The van der Waals surface area contributed by atoms with Crippen LogP contribution in [0.25, 0.3) is 0 Å². The van der Waals surface area contributed by atoms with Gasteiger partial charge in [-0.15, -0.1) is 0 Å². The molecule has 0 spiro atoms. The minimum absolute atomic E-state index is 0.488. The van der Waals surface area contributed by atoms with Crippen molar-refractivity contribution in [2.24, 2.45) is 11.7 Å². The van der Waals surface area contributed by atoms with Gasteiger partial charge >= 0.3 is 11.9 Å². The molecule has 0 rings (SSSR count). The van der Waals surface area contributed by atoms with Crippen LogP contribution in [0.3, 0.4) is 0 Å². The van der Waals surface area contributed by atoms with E-state index in [0.717, 1.165) is 44.9 Å². The molecule has 0 aliphatic rings. The van der Waals surface area contributed by atoms with Crippen LogP contribution >= 0.6 is 0 Å². The van der Waals surface area contributed by atoms with Gasteiger partial charge in [0.15, 0.2) is 0 Å². The molecule has 0 aromatic rings. The lowest BCUT2D eigenvalue weighted by Crippen LogP contribution is -2.59. The SMILES string of the molecule is CCCCCCCC=CC(CCCCCC)C(N)(C(=O)O)C(=O)O. The summed E-state index contributed by atoms with van der Waals surface area (Å²) in [6.45, 7) is 4.26. The zero-order valence-corrected chi connectivity index (χ0v) is 15.3. The fraction of sp³-hybridized carbons (Fsp3) is 0.789. The average molecular weight is 341 g/mol. The van der Waals surface area contributed by atoms with E-state index >= 15 is 0 Å². The van der Waals surface area contributed by atoms with Gasteiger partial charge < -0.3 is 15.9 Å². The second-order valence-corrected chi connectivity index (χ2v) is 6.57. The van der Waals surface area contributed by atoms with Gasteiger partial charge in [0.2, 0.25) is 5.54 Å². The van der Waals surface area contributed by atoms with Crippen molar-refractivity contribution >= 4 is 11.9 Å². The first kappa shape index (κ1) is 22.6. The predicted octanol–water partition coefficient (Wildman–Crippen LogP) is 4.36. The molecule has 0 bridgehead atoms. The highest BCUT2D eigenvalue weighted by Crippen LogP contribution is 2.25. The molecule has 0 heterocycles. The highest BCUT2D eigenvalue weighted by Gasteiger charge is 2.48. The maximum absolute atomic E-state index is 11.5. The third-order valence-electron chi connectivity index (χ3n) is 4.50. The van der Waals surface area contributed by atoms with E-state index in [-0.39, 0.29) is 0 Å². The van der Waals surface area contributed by atoms with Crippen molar-refractivity contribution in [2.45, 2.75) is 90.0 Å². The number of hydrogen-bond acceptors (Lipinski definition) is 3. The van der Waals surface area contributed by atoms with Crippen molar-refractivity contribution in [1.29, 1.82) is 0 Å². The van der Waals surface area contributed by atoms with Gasteiger partial charge in [-0.2, -0.15) is 0 Å². The molecule has 0 saturated carbocycles. The van der Waals surface area contributed by atoms with Crippen molar-refractivity contribution < 1.29 is 19.8 Å². The van der Waals surface area contributed by atoms with Crippen LogP contribution in [0, 0.1) is 5.92 Å². The molecule has 0 aliphatic carbocycles. The Bertz CT molecular complexity index is 379. The largest absolute Gasteiger partial charge is 0.479 e. The average Bonchev–Trinajstić information content (AvgIpc) is 2.54. The summed E-state index contributed by atoms with van der Waals surface area (Å²) in [7, 11) is 0. The zero-order valence-electron chi connectivity index (χ0n) is 15.3. The normalized spacial score (nSPS) is 13.3. The molecular formula is C19H35NO4.